The molecule has 12 rings (SSSR count). The second kappa shape index (κ2) is 14.7. The van der Waals surface area contributed by atoms with E-state index < -0.39 is 0 Å². The summed E-state index contributed by atoms with van der Waals surface area (Å²) in [6.07, 6.45) is 0. The van der Waals surface area contributed by atoms with Crippen molar-refractivity contribution in [1.29, 1.82) is 0 Å². The molecule has 0 fully saturated rings. The van der Waals surface area contributed by atoms with Crippen molar-refractivity contribution in [1.82, 2.24) is 19.5 Å². The van der Waals surface area contributed by atoms with Gasteiger partial charge in [0.15, 0.2) is 17.5 Å². The summed E-state index contributed by atoms with van der Waals surface area (Å²) in [4.78, 5) is 15.7. The quantitative estimate of drug-likeness (QED) is 0.161. The van der Waals surface area contributed by atoms with Crippen LogP contribution in [0.1, 0.15) is 0 Å². The lowest BCUT2D eigenvalue weighted by Gasteiger charge is -2.11. The number of nitrogens with zero attached hydrogens (tertiary/aromatic N) is 4. The zero-order valence-corrected chi connectivity index (χ0v) is 33.5. The minimum atomic E-state index is 0.577. The molecule has 0 bridgehead atoms. The average Bonchev–Trinajstić information content (AvgIpc) is 3.90. The fraction of sp³-hybridized carbons (Fsp3) is 0. The predicted molar refractivity (Wildman–Crippen MR) is 254 cm³/mol. The van der Waals surface area contributed by atoms with Crippen LogP contribution in [0, 0.1) is 0 Å². The molecule has 12 aromatic rings. The molecule has 0 aliphatic heterocycles. The van der Waals surface area contributed by atoms with E-state index in [1.165, 1.54) is 16.3 Å². The SMILES string of the molecule is c1ccc(-c2cc(-c3ccccc3)c3oc4cccc(-c5nc(-c6ccccc6)nc(-c6cccc(-c7ccc8c9ccccc9n(-c9ccccc9)c8c7)c6)n5)c4c3c2)cc1. The van der Waals surface area contributed by atoms with E-state index in [2.05, 4.69) is 168 Å². The van der Waals surface area contributed by atoms with Gasteiger partial charge < -0.3 is 8.98 Å². The Morgan fingerprint density at radius 1 is 0.323 bits per heavy atom. The van der Waals surface area contributed by atoms with E-state index in [0.29, 0.717) is 17.5 Å². The largest absolute Gasteiger partial charge is 0.455 e. The van der Waals surface area contributed by atoms with Gasteiger partial charge in [-0.15, -0.1) is 0 Å². The van der Waals surface area contributed by atoms with Crippen molar-refractivity contribution in [3.05, 3.63) is 218 Å². The monoisotopic (exact) mass is 792 g/mol. The third-order valence-corrected chi connectivity index (χ3v) is 11.8. The van der Waals surface area contributed by atoms with Crippen LogP contribution in [0.4, 0.5) is 0 Å². The van der Waals surface area contributed by atoms with Gasteiger partial charge in [0.25, 0.3) is 0 Å². The number of hydrogen-bond donors (Lipinski definition) is 0. The Balaban J connectivity index is 1.05. The lowest BCUT2D eigenvalue weighted by atomic mass is 9.95. The summed E-state index contributed by atoms with van der Waals surface area (Å²) < 4.78 is 9.15. The first kappa shape index (κ1) is 35.5. The Labute approximate surface area is 357 Å². The van der Waals surface area contributed by atoms with Crippen LogP contribution in [0.2, 0.25) is 0 Å². The average molecular weight is 793 g/mol. The number of para-hydroxylation sites is 2. The molecule has 0 N–H and O–H groups in total. The van der Waals surface area contributed by atoms with Crippen LogP contribution in [0.15, 0.2) is 223 Å². The van der Waals surface area contributed by atoms with Crippen LogP contribution in [-0.2, 0) is 0 Å². The number of benzene rings is 9. The molecule has 0 amide bonds. The van der Waals surface area contributed by atoms with Crippen molar-refractivity contribution in [3.8, 4) is 73.2 Å². The zero-order chi connectivity index (χ0) is 41.0. The van der Waals surface area contributed by atoms with Gasteiger partial charge in [0.05, 0.1) is 11.0 Å². The first-order chi connectivity index (χ1) is 30.7. The third kappa shape index (κ3) is 6.06. The second-order valence-electron chi connectivity index (χ2n) is 15.6. The van der Waals surface area contributed by atoms with Crippen LogP contribution < -0.4 is 0 Å². The van der Waals surface area contributed by atoms with E-state index in [1.807, 2.05) is 54.6 Å². The van der Waals surface area contributed by atoms with Crippen molar-refractivity contribution in [2.45, 2.75) is 0 Å². The fourth-order valence-electron chi connectivity index (χ4n) is 8.93. The highest BCUT2D eigenvalue weighted by atomic mass is 16.3. The molecular weight excluding hydrogens is 757 g/mol. The van der Waals surface area contributed by atoms with Crippen LogP contribution in [0.3, 0.4) is 0 Å². The van der Waals surface area contributed by atoms with Crippen LogP contribution in [0.5, 0.6) is 0 Å². The van der Waals surface area contributed by atoms with Gasteiger partial charge >= 0.3 is 0 Å². The normalized spacial score (nSPS) is 11.5. The summed E-state index contributed by atoms with van der Waals surface area (Å²) in [6.45, 7) is 0. The van der Waals surface area contributed by atoms with Gasteiger partial charge in [0.2, 0.25) is 0 Å². The van der Waals surface area contributed by atoms with E-state index >= 15 is 0 Å². The Bertz CT molecular complexity index is 3610. The molecule has 0 aliphatic rings. The highest BCUT2D eigenvalue weighted by molar-refractivity contribution is 6.16. The summed E-state index contributed by atoms with van der Waals surface area (Å²) in [5, 5.41) is 4.41. The maximum absolute atomic E-state index is 6.80. The summed E-state index contributed by atoms with van der Waals surface area (Å²) in [7, 11) is 0. The molecule has 3 heterocycles. The van der Waals surface area contributed by atoms with Gasteiger partial charge in [0.1, 0.15) is 11.2 Å². The number of aromatic nitrogens is 4. The molecule has 0 saturated carbocycles. The van der Waals surface area contributed by atoms with Gasteiger partial charge in [-0.3, -0.25) is 0 Å². The van der Waals surface area contributed by atoms with E-state index in [4.69, 9.17) is 19.4 Å². The van der Waals surface area contributed by atoms with E-state index in [-0.39, 0.29) is 0 Å². The van der Waals surface area contributed by atoms with Crippen LogP contribution >= 0.6 is 0 Å². The Hall–Kier alpha value is -8.41. The molecule has 290 valence electrons. The lowest BCUT2D eigenvalue weighted by molar-refractivity contribution is 0.670. The molecular formula is C57H36N4O. The van der Waals surface area contributed by atoms with Crippen molar-refractivity contribution in [2.24, 2.45) is 0 Å². The van der Waals surface area contributed by atoms with E-state index in [9.17, 15) is 0 Å². The van der Waals surface area contributed by atoms with Gasteiger partial charge in [-0.25, -0.2) is 15.0 Å². The highest BCUT2D eigenvalue weighted by Gasteiger charge is 2.21. The first-order valence-electron chi connectivity index (χ1n) is 20.8. The number of rotatable bonds is 7. The molecule has 5 heteroatoms. The van der Waals surface area contributed by atoms with Gasteiger partial charge in [-0.1, -0.05) is 170 Å². The highest BCUT2D eigenvalue weighted by Crippen LogP contribution is 2.43. The molecule has 9 aromatic carbocycles. The molecule has 0 radical (unpaired) electrons. The molecule has 62 heavy (non-hydrogen) atoms. The Morgan fingerprint density at radius 3 is 1.68 bits per heavy atom. The summed E-state index contributed by atoms with van der Waals surface area (Å²) >= 11 is 0. The Kier molecular flexibility index (Phi) is 8.42. The van der Waals surface area contributed by atoms with E-state index in [1.54, 1.807) is 0 Å². The topological polar surface area (TPSA) is 56.7 Å². The van der Waals surface area contributed by atoms with E-state index in [0.717, 1.165) is 83.2 Å². The first-order valence-corrected chi connectivity index (χ1v) is 20.8. The predicted octanol–water partition coefficient (Wildman–Crippen LogP) is 14.9. The van der Waals surface area contributed by atoms with Crippen molar-refractivity contribution in [3.63, 3.8) is 0 Å². The maximum Gasteiger partial charge on any atom is 0.164 e. The minimum Gasteiger partial charge on any atom is -0.455 e. The Morgan fingerprint density at radius 2 is 0.903 bits per heavy atom. The summed E-state index contributed by atoms with van der Waals surface area (Å²) in [5.41, 5.74) is 14.3. The standard InChI is InChI=1S/C57H36N4O/c1-5-17-37(18-6-1)43-34-48(38-19-7-2-8-20-38)54-49(35-43)53-47(28-16-30-52(53)62-54)57-59-55(39-21-9-3-10-22-39)58-56(60-57)42-24-15-23-40(33-42)41-31-32-46-45-27-13-14-29-50(45)61(51(46)36-41)44-25-11-4-12-26-44/h1-36H. The maximum atomic E-state index is 6.80. The zero-order valence-electron chi connectivity index (χ0n) is 33.5. The van der Waals surface area contributed by atoms with Gasteiger partial charge in [-0.05, 0) is 76.3 Å². The molecule has 0 saturated heterocycles. The van der Waals surface area contributed by atoms with Crippen LogP contribution in [-0.4, -0.2) is 19.5 Å². The molecule has 0 aliphatic carbocycles. The van der Waals surface area contributed by atoms with Gasteiger partial charge in [-0.2, -0.15) is 0 Å². The molecule has 0 atom stereocenters. The fourth-order valence-corrected chi connectivity index (χ4v) is 8.93. The number of fused-ring (bicyclic) bond motifs is 6. The molecule has 3 aromatic heterocycles. The van der Waals surface area contributed by atoms with Crippen molar-refractivity contribution in [2.75, 3.05) is 0 Å². The molecule has 0 unspecified atom stereocenters. The van der Waals surface area contributed by atoms with Gasteiger partial charge in [0, 0.05) is 49.5 Å². The summed E-state index contributed by atoms with van der Waals surface area (Å²) in [6, 6.07) is 76.2. The number of furan rings is 1. The smallest absolute Gasteiger partial charge is 0.164 e. The lowest BCUT2D eigenvalue weighted by Crippen LogP contribution is -2.00. The molecule has 5 nitrogen and oxygen atoms in total. The second-order valence-corrected chi connectivity index (χ2v) is 15.6. The molecule has 0 spiro atoms. The third-order valence-electron chi connectivity index (χ3n) is 11.8. The van der Waals surface area contributed by atoms with Crippen LogP contribution in [0.25, 0.3) is 117 Å². The number of hydrogen-bond acceptors (Lipinski definition) is 4. The van der Waals surface area contributed by atoms with Crippen molar-refractivity contribution >= 4 is 43.7 Å². The minimum absolute atomic E-state index is 0.577. The summed E-state index contributed by atoms with van der Waals surface area (Å²) in [5.74, 6) is 1.77. The van der Waals surface area contributed by atoms with Crippen molar-refractivity contribution < 1.29 is 4.42 Å².